The Bertz CT molecular complexity index is 412. The van der Waals surface area contributed by atoms with Crippen molar-refractivity contribution in [2.45, 2.75) is 57.2 Å². The van der Waals surface area contributed by atoms with Gasteiger partial charge in [0.25, 0.3) is 0 Å². The predicted molar refractivity (Wildman–Crippen MR) is 89.2 cm³/mol. The van der Waals surface area contributed by atoms with Crippen molar-refractivity contribution in [3.63, 3.8) is 0 Å². The normalized spacial score (nSPS) is 35.7. The summed E-state index contributed by atoms with van der Waals surface area (Å²) in [7, 11) is 1.40. The van der Waals surface area contributed by atoms with Gasteiger partial charge in [-0.25, -0.2) is 0 Å². The Kier molecular flexibility index (Phi) is 6.56. The van der Waals surface area contributed by atoms with Crippen LogP contribution >= 0.6 is 0 Å². The zero-order valence-corrected chi connectivity index (χ0v) is 14.6. The molecule has 3 N–H and O–H groups in total. The van der Waals surface area contributed by atoms with Gasteiger partial charge in [-0.05, 0) is 59.2 Å². The summed E-state index contributed by atoms with van der Waals surface area (Å²) in [5, 5.41) is 10.5. The van der Waals surface area contributed by atoms with E-state index >= 15 is 0 Å². The molecule has 2 heterocycles. The molecule has 0 aliphatic carbocycles. The first kappa shape index (κ1) is 18.4. The standard InChI is InChI=1S/C17H31N3O3/c1-12-15(16(22)23-3)10-13(11-21)17(2,20-12)6-9-19-14-4-7-18-8-5-14/h11-15,18-20H,4-10H2,1-3H3/t12-,13?,15-,17?/m0/s1. The first-order chi connectivity index (χ1) is 11.0. The summed E-state index contributed by atoms with van der Waals surface area (Å²) >= 11 is 0. The van der Waals surface area contributed by atoms with Crippen LogP contribution in [-0.2, 0) is 14.3 Å². The molecule has 2 rings (SSSR count). The molecule has 0 saturated carbocycles. The van der Waals surface area contributed by atoms with Crippen LogP contribution in [0.1, 0.15) is 39.5 Å². The number of methoxy groups -OCH3 is 1. The zero-order chi connectivity index (χ0) is 16.9. The third-order valence-corrected chi connectivity index (χ3v) is 5.57. The van der Waals surface area contributed by atoms with Crippen LogP contribution in [0.3, 0.4) is 0 Å². The van der Waals surface area contributed by atoms with Crippen LogP contribution < -0.4 is 16.0 Å². The molecule has 132 valence electrons. The van der Waals surface area contributed by atoms with Crippen LogP contribution in [0.15, 0.2) is 0 Å². The molecule has 0 bridgehead atoms. The Balaban J connectivity index is 1.90. The molecule has 2 aliphatic heterocycles. The van der Waals surface area contributed by atoms with Crippen molar-refractivity contribution in [3.8, 4) is 0 Å². The van der Waals surface area contributed by atoms with E-state index in [9.17, 15) is 9.59 Å². The van der Waals surface area contributed by atoms with E-state index in [1.54, 1.807) is 0 Å². The van der Waals surface area contributed by atoms with Gasteiger partial charge in [-0.15, -0.1) is 0 Å². The maximum atomic E-state index is 11.9. The molecule has 2 saturated heterocycles. The van der Waals surface area contributed by atoms with Gasteiger partial charge in [-0.2, -0.15) is 0 Å². The lowest BCUT2D eigenvalue weighted by molar-refractivity contribution is -0.149. The van der Waals surface area contributed by atoms with Gasteiger partial charge in [-0.3, -0.25) is 4.79 Å². The number of piperidine rings is 2. The summed E-state index contributed by atoms with van der Waals surface area (Å²) in [5.74, 6) is -0.648. The van der Waals surface area contributed by atoms with E-state index in [1.807, 2.05) is 6.92 Å². The molecule has 2 fully saturated rings. The van der Waals surface area contributed by atoms with E-state index < -0.39 is 0 Å². The first-order valence-corrected chi connectivity index (χ1v) is 8.75. The number of ether oxygens (including phenoxy) is 1. The quantitative estimate of drug-likeness (QED) is 0.486. The number of carbonyl (C=O) groups excluding carboxylic acids is 2. The van der Waals surface area contributed by atoms with Gasteiger partial charge in [-0.1, -0.05) is 0 Å². The topological polar surface area (TPSA) is 79.5 Å². The summed E-state index contributed by atoms with van der Waals surface area (Å²) < 4.78 is 4.87. The number of carbonyl (C=O) groups is 2. The zero-order valence-electron chi connectivity index (χ0n) is 14.6. The maximum absolute atomic E-state index is 11.9. The van der Waals surface area contributed by atoms with Gasteiger partial charge in [0.1, 0.15) is 6.29 Å². The van der Waals surface area contributed by atoms with Crippen molar-refractivity contribution in [1.82, 2.24) is 16.0 Å². The van der Waals surface area contributed by atoms with Crippen molar-refractivity contribution < 1.29 is 14.3 Å². The lowest BCUT2D eigenvalue weighted by atomic mass is 9.72. The lowest BCUT2D eigenvalue weighted by Crippen LogP contribution is -2.62. The van der Waals surface area contributed by atoms with E-state index in [-0.39, 0.29) is 29.4 Å². The second kappa shape index (κ2) is 8.22. The minimum Gasteiger partial charge on any atom is -0.469 e. The molecule has 23 heavy (non-hydrogen) atoms. The van der Waals surface area contributed by atoms with E-state index in [4.69, 9.17) is 4.74 Å². The van der Waals surface area contributed by atoms with Crippen LogP contribution in [0.4, 0.5) is 0 Å². The second-order valence-electron chi connectivity index (χ2n) is 7.19. The third kappa shape index (κ3) is 4.52. The fourth-order valence-corrected chi connectivity index (χ4v) is 3.94. The molecule has 6 nitrogen and oxygen atoms in total. The first-order valence-electron chi connectivity index (χ1n) is 8.75. The summed E-state index contributed by atoms with van der Waals surface area (Å²) in [6, 6.07) is 0.584. The molecule has 2 aliphatic rings. The third-order valence-electron chi connectivity index (χ3n) is 5.57. The summed E-state index contributed by atoms with van der Waals surface area (Å²) in [4.78, 5) is 23.5. The van der Waals surface area contributed by atoms with Gasteiger partial charge in [0.15, 0.2) is 0 Å². The van der Waals surface area contributed by atoms with Crippen LogP contribution in [0.2, 0.25) is 0 Å². The van der Waals surface area contributed by atoms with Gasteiger partial charge in [0.2, 0.25) is 0 Å². The Hall–Kier alpha value is -0.980. The highest BCUT2D eigenvalue weighted by Gasteiger charge is 2.45. The molecular weight excluding hydrogens is 294 g/mol. The van der Waals surface area contributed by atoms with Crippen molar-refractivity contribution in [2.75, 3.05) is 26.7 Å². The van der Waals surface area contributed by atoms with Crippen molar-refractivity contribution >= 4 is 12.3 Å². The van der Waals surface area contributed by atoms with Crippen LogP contribution in [0, 0.1) is 11.8 Å². The minimum absolute atomic E-state index is 0.0162. The van der Waals surface area contributed by atoms with Gasteiger partial charge in [0, 0.05) is 23.5 Å². The molecule has 6 heteroatoms. The summed E-state index contributed by atoms with van der Waals surface area (Å²) in [5.41, 5.74) is -0.272. The van der Waals surface area contributed by atoms with E-state index in [1.165, 1.54) is 7.11 Å². The number of hydrogen-bond donors (Lipinski definition) is 3. The lowest BCUT2D eigenvalue weighted by Gasteiger charge is -2.46. The second-order valence-corrected chi connectivity index (χ2v) is 7.19. The molecule has 0 spiro atoms. The molecule has 0 aromatic carbocycles. The smallest absolute Gasteiger partial charge is 0.310 e. The molecule has 2 unspecified atom stereocenters. The average Bonchev–Trinajstić information content (AvgIpc) is 2.55. The summed E-state index contributed by atoms with van der Waals surface area (Å²) in [6.07, 6.45) is 4.75. The molecule has 0 aromatic heterocycles. The molecule has 0 aromatic rings. The Morgan fingerprint density at radius 2 is 2.09 bits per heavy atom. The largest absolute Gasteiger partial charge is 0.469 e. The van der Waals surface area contributed by atoms with E-state index in [2.05, 4.69) is 22.9 Å². The van der Waals surface area contributed by atoms with E-state index in [0.29, 0.717) is 12.5 Å². The van der Waals surface area contributed by atoms with Crippen molar-refractivity contribution in [2.24, 2.45) is 11.8 Å². The minimum atomic E-state index is -0.272. The Labute approximate surface area is 139 Å². The Morgan fingerprint density at radius 1 is 1.39 bits per heavy atom. The highest BCUT2D eigenvalue weighted by molar-refractivity contribution is 5.74. The number of aldehydes is 1. The van der Waals surface area contributed by atoms with Crippen LogP contribution in [0.5, 0.6) is 0 Å². The SMILES string of the molecule is COC(=O)[C@H]1CC(C=O)C(C)(CCNC2CCNCC2)N[C@H]1C. The monoisotopic (exact) mass is 325 g/mol. The predicted octanol–water partition coefficient (Wildman–Crippen LogP) is 0.463. The highest BCUT2D eigenvalue weighted by Crippen LogP contribution is 2.34. The average molecular weight is 325 g/mol. The van der Waals surface area contributed by atoms with E-state index in [0.717, 1.165) is 45.2 Å². The van der Waals surface area contributed by atoms with Gasteiger partial charge >= 0.3 is 5.97 Å². The molecule has 4 atom stereocenters. The highest BCUT2D eigenvalue weighted by atomic mass is 16.5. The van der Waals surface area contributed by atoms with Crippen LogP contribution in [0.25, 0.3) is 0 Å². The number of rotatable bonds is 6. The van der Waals surface area contributed by atoms with Gasteiger partial charge < -0.3 is 25.5 Å². The van der Waals surface area contributed by atoms with Crippen molar-refractivity contribution in [3.05, 3.63) is 0 Å². The number of esters is 1. The van der Waals surface area contributed by atoms with Crippen molar-refractivity contribution in [1.29, 1.82) is 0 Å². The summed E-state index contributed by atoms with van der Waals surface area (Å²) in [6.45, 7) is 7.12. The molecule has 0 radical (unpaired) electrons. The molecular formula is C17H31N3O3. The number of hydrogen-bond acceptors (Lipinski definition) is 6. The molecule has 0 amide bonds. The Morgan fingerprint density at radius 3 is 2.70 bits per heavy atom. The fourth-order valence-electron chi connectivity index (χ4n) is 3.94. The van der Waals surface area contributed by atoms with Crippen LogP contribution in [-0.4, -0.2) is 56.6 Å². The maximum Gasteiger partial charge on any atom is 0.310 e. The number of nitrogens with one attached hydrogen (secondary N) is 3. The fraction of sp³-hybridized carbons (Fsp3) is 0.882. The van der Waals surface area contributed by atoms with Gasteiger partial charge in [0.05, 0.1) is 13.0 Å².